The van der Waals surface area contributed by atoms with Gasteiger partial charge in [-0.2, -0.15) is 0 Å². The lowest BCUT2D eigenvalue weighted by Crippen LogP contribution is -2.21. The average Bonchev–Trinajstić information content (AvgIpc) is 2.25. The van der Waals surface area contributed by atoms with E-state index in [4.69, 9.17) is 0 Å². The van der Waals surface area contributed by atoms with Crippen molar-refractivity contribution >= 4 is 0 Å². The molecule has 0 saturated carbocycles. The van der Waals surface area contributed by atoms with E-state index in [-0.39, 0.29) is 11.1 Å². The maximum atomic E-state index is 10.9. The van der Waals surface area contributed by atoms with E-state index in [9.17, 15) is 30.3 Å². The summed E-state index contributed by atoms with van der Waals surface area (Å²) in [6.07, 6.45) is -2.13. The Kier molecular flexibility index (Phi) is 4.56. The largest absolute Gasteiger partial charge is 0.476 e. The van der Waals surface area contributed by atoms with Gasteiger partial charge < -0.3 is 0 Å². The number of benzene rings is 1. The first-order valence-corrected chi connectivity index (χ1v) is 6.05. The molecule has 0 spiro atoms. The van der Waals surface area contributed by atoms with Gasteiger partial charge in [0, 0.05) is 10.5 Å². The summed E-state index contributed by atoms with van der Waals surface area (Å²) in [6.45, 7) is 4.90. The molecule has 9 nitrogen and oxygen atoms in total. The van der Waals surface area contributed by atoms with Crippen LogP contribution in [0, 0.1) is 30.3 Å². The van der Waals surface area contributed by atoms with Gasteiger partial charge in [0.2, 0.25) is 6.54 Å². The molecule has 1 rings (SSSR count). The number of nitrogens with zero attached hydrogens (tertiary/aromatic N) is 3. The van der Waals surface area contributed by atoms with Gasteiger partial charge in [0.05, 0.1) is 0 Å². The first kappa shape index (κ1) is 16.5. The van der Waals surface area contributed by atoms with E-state index in [2.05, 4.69) is 0 Å². The zero-order chi connectivity index (χ0) is 16.4. The smallest absolute Gasteiger partial charge is 0.264 e. The minimum atomic E-state index is -2.13. The molecule has 0 aliphatic rings. The van der Waals surface area contributed by atoms with Gasteiger partial charge in [-0.05, 0) is 29.2 Å². The Labute approximate surface area is 120 Å². The van der Waals surface area contributed by atoms with Crippen LogP contribution in [0.2, 0.25) is 0 Å². The van der Waals surface area contributed by atoms with Crippen molar-refractivity contribution in [3.05, 3.63) is 65.2 Å². The Balaban J connectivity index is 3.46. The topological polar surface area (TPSA) is 129 Å². The van der Waals surface area contributed by atoms with Gasteiger partial charge in [0.25, 0.3) is 0 Å². The molecule has 0 aliphatic carbocycles. The number of nitro groups is 3. The van der Waals surface area contributed by atoms with Crippen LogP contribution in [0.15, 0.2) is 18.2 Å². The molecule has 9 heteroatoms. The maximum absolute atomic E-state index is 10.9. The lowest BCUT2D eigenvalue weighted by molar-refractivity contribution is -0.752. The third-order valence-electron chi connectivity index (χ3n) is 2.89. The van der Waals surface area contributed by atoms with E-state index < -0.39 is 32.9 Å². The van der Waals surface area contributed by atoms with Crippen LogP contribution < -0.4 is 0 Å². The van der Waals surface area contributed by atoms with Crippen molar-refractivity contribution in [3.8, 4) is 0 Å². The van der Waals surface area contributed by atoms with Crippen LogP contribution in [0.25, 0.3) is 0 Å². The third-order valence-corrected chi connectivity index (χ3v) is 2.89. The fraction of sp³-hybridized carbons (Fsp3) is 0.500. The Hall–Kier alpha value is -2.58. The van der Waals surface area contributed by atoms with Crippen LogP contribution in [0.3, 0.4) is 0 Å². The number of rotatable bonds is 5. The normalized spacial score (nSPS) is 11.4. The molecule has 0 saturated heterocycles. The fourth-order valence-electron chi connectivity index (χ4n) is 1.86. The monoisotopic (exact) mass is 297 g/mol. The van der Waals surface area contributed by atoms with Gasteiger partial charge >= 0.3 is 6.17 Å². The molecule has 0 aliphatic heterocycles. The Morgan fingerprint density at radius 2 is 1.52 bits per heavy atom. The molecular weight excluding hydrogens is 282 g/mol. The summed E-state index contributed by atoms with van der Waals surface area (Å²) in [6, 6.07) is 4.05. The van der Waals surface area contributed by atoms with E-state index in [1.165, 1.54) is 6.07 Å². The summed E-state index contributed by atoms with van der Waals surface area (Å²) in [4.78, 5) is 29.7. The first-order chi connectivity index (χ1) is 9.52. The second-order valence-corrected chi connectivity index (χ2v) is 5.65. The lowest BCUT2D eigenvalue weighted by Gasteiger charge is -2.20. The van der Waals surface area contributed by atoms with Gasteiger partial charge in [-0.15, -0.1) is 0 Å². The van der Waals surface area contributed by atoms with Crippen LogP contribution in [-0.2, 0) is 12.0 Å². The molecule has 0 radical (unpaired) electrons. The van der Waals surface area contributed by atoms with Crippen LogP contribution in [-0.4, -0.2) is 14.8 Å². The lowest BCUT2D eigenvalue weighted by atomic mass is 9.84. The van der Waals surface area contributed by atoms with Gasteiger partial charge in [-0.3, -0.25) is 30.3 Å². The van der Waals surface area contributed by atoms with E-state index in [0.717, 1.165) is 6.07 Å². The zero-order valence-corrected chi connectivity index (χ0v) is 11.8. The predicted molar refractivity (Wildman–Crippen MR) is 72.6 cm³/mol. The van der Waals surface area contributed by atoms with Crippen molar-refractivity contribution in [3.63, 3.8) is 0 Å². The molecule has 0 amide bonds. The highest BCUT2D eigenvalue weighted by Gasteiger charge is 2.36. The van der Waals surface area contributed by atoms with Crippen LogP contribution >= 0.6 is 0 Å². The van der Waals surface area contributed by atoms with Gasteiger partial charge in [0.15, 0.2) is 0 Å². The van der Waals surface area contributed by atoms with Crippen LogP contribution in [0.4, 0.5) is 0 Å². The summed E-state index contributed by atoms with van der Waals surface area (Å²) >= 11 is 0. The fourth-order valence-corrected chi connectivity index (χ4v) is 1.86. The molecule has 0 atom stereocenters. The SMILES string of the molecule is CC(C)(C)c1cc(C[N+](=O)[O-])cc(C([N+](=O)[O-])[N+](=O)[O-])c1. The number of hydrogen-bond donors (Lipinski definition) is 0. The van der Waals surface area contributed by atoms with E-state index in [0.29, 0.717) is 5.56 Å². The third kappa shape index (κ3) is 4.20. The quantitative estimate of drug-likeness (QED) is 0.465. The zero-order valence-electron chi connectivity index (χ0n) is 11.8. The summed E-state index contributed by atoms with van der Waals surface area (Å²) in [5.74, 6) is 0. The summed E-state index contributed by atoms with van der Waals surface area (Å²) in [7, 11) is 0. The second-order valence-electron chi connectivity index (χ2n) is 5.65. The molecule has 0 heterocycles. The second kappa shape index (κ2) is 5.81. The molecule has 21 heavy (non-hydrogen) atoms. The first-order valence-electron chi connectivity index (χ1n) is 6.05. The van der Waals surface area contributed by atoms with Gasteiger partial charge in [-0.25, -0.2) is 0 Å². The highest BCUT2D eigenvalue weighted by molar-refractivity contribution is 5.34. The van der Waals surface area contributed by atoms with E-state index >= 15 is 0 Å². The molecule has 1 aromatic rings. The van der Waals surface area contributed by atoms with Crippen molar-refractivity contribution in [2.24, 2.45) is 0 Å². The Bertz CT molecular complexity index is 579. The van der Waals surface area contributed by atoms with Crippen molar-refractivity contribution in [1.29, 1.82) is 0 Å². The standard InChI is InChI=1S/C12H15N3O6/c1-12(2,3)10-5-8(7-13(16)17)4-9(6-10)11(14(18)19)15(20)21/h4-6,11H,7H2,1-3H3. The van der Waals surface area contributed by atoms with Crippen molar-refractivity contribution in [2.75, 3.05) is 0 Å². The number of hydrogen-bond acceptors (Lipinski definition) is 6. The summed E-state index contributed by atoms with van der Waals surface area (Å²) in [5, 5.41) is 32.3. The van der Waals surface area contributed by atoms with Crippen LogP contribution in [0.1, 0.15) is 43.6 Å². The average molecular weight is 297 g/mol. The molecule has 0 bridgehead atoms. The minimum absolute atomic E-state index is 0.158. The highest BCUT2D eigenvalue weighted by Crippen LogP contribution is 2.28. The summed E-state index contributed by atoms with van der Waals surface area (Å²) in [5.41, 5.74) is 0.176. The maximum Gasteiger partial charge on any atom is 0.476 e. The van der Waals surface area contributed by atoms with Crippen molar-refractivity contribution in [2.45, 2.75) is 38.9 Å². The minimum Gasteiger partial charge on any atom is -0.264 e. The summed E-state index contributed by atoms with van der Waals surface area (Å²) < 4.78 is 0. The Morgan fingerprint density at radius 3 is 1.90 bits per heavy atom. The predicted octanol–water partition coefficient (Wildman–Crippen LogP) is 2.31. The molecule has 1 aromatic carbocycles. The van der Waals surface area contributed by atoms with Gasteiger partial charge in [0.1, 0.15) is 15.4 Å². The van der Waals surface area contributed by atoms with E-state index in [1.807, 2.05) is 20.8 Å². The molecule has 114 valence electrons. The van der Waals surface area contributed by atoms with E-state index in [1.54, 1.807) is 6.07 Å². The Morgan fingerprint density at radius 1 is 1.00 bits per heavy atom. The molecule has 0 fully saturated rings. The molecule has 0 aromatic heterocycles. The molecular formula is C12H15N3O6. The highest BCUT2D eigenvalue weighted by atomic mass is 16.7. The molecule has 0 unspecified atom stereocenters. The van der Waals surface area contributed by atoms with Crippen LogP contribution in [0.5, 0.6) is 0 Å². The van der Waals surface area contributed by atoms with Gasteiger partial charge in [-0.1, -0.05) is 20.8 Å². The van der Waals surface area contributed by atoms with Crippen molar-refractivity contribution < 1.29 is 14.8 Å². The molecule has 0 N–H and O–H groups in total. The van der Waals surface area contributed by atoms with Crippen molar-refractivity contribution in [1.82, 2.24) is 0 Å².